The van der Waals surface area contributed by atoms with Gasteiger partial charge in [0.15, 0.2) is 0 Å². The number of aromatic amines is 1. The molecule has 86 valence electrons. The Bertz CT molecular complexity index is 639. The second-order valence-corrected chi connectivity index (χ2v) is 5.02. The van der Waals surface area contributed by atoms with Crippen LogP contribution in [0.2, 0.25) is 0 Å². The molecule has 0 spiro atoms. The average Bonchev–Trinajstić information content (AvgIpc) is 2.95. The maximum atomic E-state index is 4.06. The molecule has 0 saturated heterocycles. The molecule has 2 aromatic heterocycles. The van der Waals surface area contributed by atoms with E-state index in [4.69, 9.17) is 0 Å². The van der Waals surface area contributed by atoms with Crippen molar-refractivity contribution >= 4 is 27.9 Å². The second-order valence-electron chi connectivity index (χ2n) is 4.02. The molecule has 0 aliphatic carbocycles. The first-order valence-corrected chi connectivity index (χ1v) is 6.41. The molecule has 0 saturated carbocycles. The molecule has 17 heavy (non-hydrogen) atoms. The van der Waals surface area contributed by atoms with Crippen molar-refractivity contribution in [2.45, 2.75) is 13.5 Å². The Morgan fingerprint density at radius 3 is 3.12 bits per heavy atom. The highest BCUT2D eigenvalue weighted by molar-refractivity contribution is 7.10. The molecule has 0 atom stereocenters. The Morgan fingerprint density at radius 1 is 1.35 bits per heavy atom. The fraction of sp³-hybridized carbons (Fsp3) is 0.154. The number of benzene rings is 1. The van der Waals surface area contributed by atoms with Crippen LogP contribution in [0.3, 0.4) is 0 Å². The molecule has 3 rings (SSSR count). The highest BCUT2D eigenvalue weighted by Crippen LogP contribution is 2.22. The number of fused-ring (bicyclic) bond motifs is 1. The normalized spacial score (nSPS) is 10.9. The predicted octanol–water partition coefficient (Wildman–Crippen LogP) is 3.54. The van der Waals surface area contributed by atoms with Crippen LogP contribution in [0.25, 0.3) is 10.9 Å². The van der Waals surface area contributed by atoms with Crippen LogP contribution in [0.1, 0.15) is 10.4 Å². The van der Waals surface area contributed by atoms with Gasteiger partial charge in [0.1, 0.15) is 0 Å². The van der Waals surface area contributed by atoms with Crippen LogP contribution in [0.4, 0.5) is 5.69 Å². The molecule has 2 N–H and O–H groups in total. The first-order chi connectivity index (χ1) is 8.34. The van der Waals surface area contributed by atoms with Gasteiger partial charge in [-0.3, -0.25) is 5.10 Å². The van der Waals surface area contributed by atoms with Crippen molar-refractivity contribution in [2.75, 3.05) is 5.32 Å². The summed E-state index contributed by atoms with van der Waals surface area (Å²) in [4.78, 5) is 1.38. The largest absolute Gasteiger partial charge is 0.378 e. The zero-order valence-electron chi connectivity index (χ0n) is 9.53. The van der Waals surface area contributed by atoms with E-state index in [0.29, 0.717) is 0 Å². The van der Waals surface area contributed by atoms with Crippen molar-refractivity contribution in [3.63, 3.8) is 0 Å². The number of para-hydroxylation sites is 1. The van der Waals surface area contributed by atoms with Crippen molar-refractivity contribution in [3.8, 4) is 0 Å². The Morgan fingerprint density at radius 2 is 2.29 bits per heavy atom. The van der Waals surface area contributed by atoms with Gasteiger partial charge in [0.05, 0.1) is 17.4 Å². The summed E-state index contributed by atoms with van der Waals surface area (Å²) < 4.78 is 0. The molecule has 0 fully saturated rings. The van der Waals surface area contributed by atoms with Gasteiger partial charge in [0, 0.05) is 16.8 Å². The SMILES string of the molecule is Cc1ccsc1CNc1cccc2cn[nH]c12. The number of aryl methyl sites for hydroxylation is 1. The molecule has 0 radical (unpaired) electrons. The van der Waals surface area contributed by atoms with E-state index in [1.54, 1.807) is 11.3 Å². The summed E-state index contributed by atoms with van der Waals surface area (Å²) in [6.07, 6.45) is 1.84. The van der Waals surface area contributed by atoms with Crippen LogP contribution >= 0.6 is 11.3 Å². The van der Waals surface area contributed by atoms with Gasteiger partial charge in [0.25, 0.3) is 0 Å². The molecule has 1 aromatic carbocycles. The van der Waals surface area contributed by atoms with E-state index in [0.717, 1.165) is 23.1 Å². The predicted molar refractivity (Wildman–Crippen MR) is 72.5 cm³/mol. The first kappa shape index (κ1) is 10.4. The first-order valence-electron chi connectivity index (χ1n) is 5.53. The third kappa shape index (κ3) is 1.91. The molecular weight excluding hydrogens is 230 g/mol. The number of thiophene rings is 1. The average molecular weight is 243 g/mol. The number of anilines is 1. The van der Waals surface area contributed by atoms with Gasteiger partial charge >= 0.3 is 0 Å². The smallest absolute Gasteiger partial charge is 0.0881 e. The van der Waals surface area contributed by atoms with E-state index in [-0.39, 0.29) is 0 Å². The Balaban J connectivity index is 1.86. The van der Waals surface area contributed by atoms with E-state index >= 15 is 0 Å². The van der Waals surface area contributed by atoms with E-state index < -0.39 is 0 Å². The fourth-order valence-corrected chi connectivity index (χ4v) is 2.72. The summed E-state index contributed by atoms with van der Waals surface area (Å²) in [6, 6.07) is 8.32. The zero-order valence-corrected chi connectivity index (χ0v) is 10.3. The third-order valence-corrected chi connectivity index (χ3v) is 3.91. The summed E-state index contributed by atoms with van der Waals surface area (Å²) in [7, 11) is 0. The molecule has 3 aromatic rings. The Labute approximate surface area is 103 Å². The molecule has 0 amide bonds. The standard InChI is InChI=1S/C13H13N3S/c1-9-5-6-17-12(9)8-14-11-4-2-3-10-7-15-16-13(10)11/h2-7,14H,8H2,1H3,(H,15,16). The lowest BCUT2D eigenvalue weighted by molar-refractivity contribution is 1.11. The summed E-state index contributed by atoms with van der Waals surface area (Å²) in [5.41, 5.74) is 3.52. The summed E-state index contributed by atoms with van der Waals surface area (Å²) in [5.74, 6) is 0. The molecule has 0 aliphatic heterocycles. The summed E-state index contributed by atoms with van der Waals surface area (Å²) in [5, 5.41) is 13.8. The van der Waals surface area contributed by atoms with Crippen molar-refractivity contribution < 1.29 is 0 Å². The number of rotatable bonds is 3. The number of nitrogens with zero attached hydrogens (tertiary/aromatic N) is 1. The third-order valence-electron chi connectivity index (χ3n) is 2.88. The van der Waals surface area contributed by atoms with Gasteiger partial charge in [-0.15, -0.1) is 11.3 Å². The van der Waals surface area contributed by atoms with Gasteiger partial charge in [-0.25, -0.2) is 0 Å². The molecule has 0 aliphatic rings. The maximum Gasteiger partial charge on any atom is 0.0881 e. The second kappa shape index (κ2) is 4.22. The molecule has 3 nitrogen and oxygen atoms in total. The van der Waals surface area contributed by atoms with E-state index in [1.165, 1.54) is 10.4 Å². The van der Waals surface area contributed by atoms with Gasteiger partial charge < -0.3 is 5.32 Å². The molecule has 4 heteroatoms. The van der Waals surface area contributed by atoms with Crippen LogP contribution in [0.15, 0.2) is 35.8 Å². The maximum absolute atomic E-state index is 4.06. The van der Waals surface area contributed by atoms with Gasteiger partial charge in [-0.05, 0) is 30.0 Å². The molecule has 0 bridgehead atoms. The number of nitrogens with one attached hydrogen (secondary N) is 2. The van der Waals surface area contributed by atoms with Gasteiger partial charge in [0.2, 0.25) is 0 Å². The lowest BCUT2D eigenvalue weighted by Crippen LogP contribution is -1.99. The molecule has 0 unspecified atom stereocenters. The van der Waals surface area contributed by atoms with Crippen LogP contribution < -0.4 is 5.32 Å². The lowest BCUT2D eigenvalue weighted by atomic mass is 10.2. The summed E-state index contributed by atoms with van der Waals surface area (Å²) >= 11 is 1.79. The summed E-state index contributed by atoms with van der Waals surface area (Å²) in [6.45, 7) is 3.01. The quantitative estimate of drug-likeness (QED) is 0.738. The number of aromatic nitrogens is 2. The van der Waals surface area contributed by atoms with Crippen LogP contribution in [0, 0.1) is 6.92 Å². The lowest BCUT2D eigenvalue weighted by Gasteiger charge is -2.06. The fourth-order valence-electron chi connectivity index (χ4n) is 1.88. The minimum atomic E-state index is 0.863. The number of hydrogen-bond acceptors (Lipinski definition) is 3. The number of hydrogen-bond donors (Lipinski definition) is 2. The highest BCUT2D eigenvalue weighted by atomic mass is 32.1. The van der Waals surface area contributed by atoms with Crippen molar-refractivity contribution in [1.82, 2.24) is 10.2 Å². The Hall–Kier alpha value is -1.81. The van der Waals surface area contributed by atoms with Crippen LogP contribution in [-0.2, 0) is 6.54 Å². The highest BCUT2D eigenvalue weighted by Gasteiger charge is 2.03. The van der Waals surface area contributed by atoms with Crippen molar-refractivity contribution in [2.24, 2.45) is 0 Å². The van der Waals surface area contributed by atoms with E-state index in [2.05, 4.69) is 46.0 Å². The monoisotopic (exact) mass is 243 g/mol. The molecular formula is C13H13N3S. The van der Waals surface area contributed by atoms with Crippen molar-refractivity contribution in [1.29, 1.82) is 0 Å². The van der Waals surface area contributed by atoms with Gasteiger partial charge in [-0.1, -0.05) is 12.1 Å². The minimum absolute atomic E-state index is 0.863. The van der Waals surface area contributed by atoms with E-state index in [1.807, 2.05) is 12.3 Å². The zero-order chi connectivity index (χ0) is 11.7. The van der Waals surface area contributed by atoms with Gasteiger partial charge in [-0.2, -0.15) is 5.10 Å². The number of H-pyrrole nitrogens is 1. The minimum Gasteiger partial charge on any atom is -0.378 e. The van der Waals surface area contributed by atoms with Crippen molar-refractivity contribution in [3.05, 3.63) is 46.3 Å². The van der Waals surface area contributed by atoms with E-state index in [9.17, 15) is 0 Å². The van der Waals surface area contributed by atoms with Crippen LogP contribution in [0.5, 0.6) is 0 Å². The van der Waals surface area contributed by atoms with Crippen LogP contribution in [-0.4, -0.2) is 10.2 Å². The topological polar surface area (TPSA) is 40.7 Å². The Kier molecular flexibility index (Phi) is 2.57. The molecule has 2 heterocycles.